The monoisotopic (exact) mass is 251 g/mol. The van der Waals surface area contributed by atoms with E-state index in [1.165, 1.54) is 32.1 Å². The summed E-state index contributed by atoms with van der Waals surface area (Å²) in [5.41, 5.74) is 0.806. The van der Waals surface area contributed by atoms with Crippen LogP contribution in [0.15, 0.2) is 0 Å². The molecule has 1 heterocycles. The van der Waals surface area contributed by atoms with Gasteiger partial charge < -0.3 is 10.1 Å². The van der Waals surface area contributed by atoms with Crippen LogP contribution in [0.25, 0.3) is 0 Å². The van der Waals surface area contributed by atoms with Crippen LogP contribution in [0.5, 0.6) is 0 Å². The van der Waals surface area contributed by atoms with E-state index in [0.29, 0.717) is 29.0 Å². The van der Waals surface area contributed by atoms with Gasteiger partial charge in [-0.05, 0) is 31.1 Å². The lowest BCUT2D eigenvalue weighted by molar-refractivity contribution is -0.195. The van der Waals surface area contributed by atoms with Gasteiger partial charge in [0.15, 0.2) is 0 Å². The van der Waals surface area contributed by atoms with Crippen LogP contribution in [0, 0.1) is 16.7 Å². The lowest BCUT2D eigenvalue weighted by Gasteiger charge is -2.61. The van der Waals surface area contributed by atoms with Crippen molar-refractivity contribution in [1.29, 1.82) is 0 Å². The second-order valence-corrected chi connectivity index (χ2v) is 8.00. The fourth-order valence-corrected chi connectivity index (χ4v) is 4.71. The van der Waals surface area contributed by atoms with Gasteiger partial charge in [-0.1, -0.05) is 34.1 Å². The number of fused-ring (bicyclic) bond motifs is 1. The second-order valence-electron chi connectivity index (χ2n) is 8.00. The fraction of sp³-hybridized carbons (Fsp3) is 1.00. The molecule has 0 spiro atoms. The Morgan fingerprint density at radius 3 is 2.50 bits per heavy atom. The largest absolute Gasteiger partial charge is 0.377 e. The van der Waals surface area contributed by atoms with E-state index in [9.17, 15) is 0 Å². The molecule has 3 rings (SSSR count). The lowest BCUT2D eigenvalue weighted by atomic mass is 9.55. The van der Waals surface area contributed by atoms with Crippen molar-refractivity contribution in [2.75, 3.05) is 6.61 Å². The SMILES string of the molecule is CC1(C)CCCC1NC1C2CCCOC2C1(C)C. The molecule has 0 amide bonds. The summed E-state index contributed by atoms with van der Waals surface area (Å²) in [4.78, 5) is 0. The maximum absolute atomic E-state index is 6.00. The Kier molecular flexibility index (Phi) is 3.02. The molecule has 3 fully saturated rings. The van der Waals surface area contributed by atoms with Crippen LogP contribution in [0.4, 0.5) is 0 Å². The third-order valence-corrected chi connectivity index (χ3v) is 5.97. The topological polar surface area (TPSA) is 21.3 Å². The Morgan fingerprint density at radius 2 is 1.83 bits per heavy atom. The summed E-state index contributed by atoms with van der Waals surface area (Å²) in [5, 5.41) is 4.02. The van der Waals surface area contributed by atoms with Crippen molar-refractivity contribution < 1.29 is 4.74 Å². The zero-order chi connectivity index (χ0) is 13.0. The van der Waals surface area contributed by atoms with Crippen molar-refractivity contribution in [1.82, 2.24) is 5.32 Å². The lowest BCUT2D eigenvalue weighted by Crippen LogP contribution is -2.71. The summed E-state index contributed by atoms with van der Waals surface area (Å²) in [7, 11) is 0. The number of hydrogen-bond donors (Lipinski definition) is 1. The number of nitrogens with one attached hydrogen (secondary N) is 1. The van der Waals surface area contributed by atoms with Gasteiger partial charge in [0.1, 0.15) is 0 Å². The normalized spacial score (nSPS) is 45.3. The van der Waals surface area contributed by atoms with Crippen molar-refractivity contribution in [3.05, 3.63) is 0 Å². The average Bonchev–Trinajstić information content (AvgIpc) is 2.65. The molecule has 18 heavy (non-hydrogen) atoms. The Hall–Kier alpha value is -0.0800. The molecule has 2 saturated carbocycles. The van der Waals surface area contributed by atoms with Crippen LogP contribution in [0.2, 0.25) is 0 Å². The minimum Gasteiger partial charge on any atom is -0.377 e. The van der Waals surface area contributed by atoms with E-state index in [-0.39, 0.29) is 0 Å². The van der Waals surface area contributed by atoms with Crippen LogP contribution in [0.3, 0.4) is 0 Å². The summed E-state index contributed by atoms with van der Waals surface area (Å²) in [6.45, 7) is 10.6. The number of rotatable bonds is 2. The Bertz CT molecular complexity index is 323. The van der Waals surface area contributed by atoms with Crippen molar-refractivity contribution in [3.8, 4) is 0 Å². The molecule has 1 aliphatic heterocycles. The van der Waals surface area contributed by atoms with Crippen molar-refractivity contribution in [2.45, 2.75) is 78.0 Å². The predicted octanol–water partition coefficient (Wildman–Crippen LogP) is 3.36. The molecule has 0 aromatic heterocycles. The molecule has 3 aliphatic rings. The second kappa shape index (κ2) is 4.21. The van der Waals surface area contributed by atoms with E-state index >= 15 is 0 Å². The summed E-state index contributed by atoms with van der Waals surface area (Å²) in [5.74, 6) is 0.769. The first-order valence-electron chi connectivity index (χ1n) is 7.80. The first-order chi connectivity index (χ1) is 8.43. The third-order valence-electron chi connectivity index (χ3n) is 5.97. The van der Waals surface area contributed by atoms with Gasteiger partial charge in [-0.3, -0.25) is 0 Å². The van der Waals surface area contributed by atoms with Crippen molar-refractivity contribution >= 4 is 0 Å². The third kappa shape index (κ3) is 1.84. The molecule has 2 aliphatic carbocycles. The quantitative estimate of drug-likeness (QED) is 0.812. The summed E-state index contributed by atoms with van der Waals surface area (Å²) in [6, 6.07) is 1.38. The van der Waals surface area contributed by atoms with E-state index in [1.807, 2.05) is 0 Å². The van der Waals surface area contributed by atoms with Gasteiger partial charge in [-0.15, -0.1) is 0 Å². The molecule has 104 valence electrons. The molecule has 4 atom stereocenters. The number of ether oxygens (including phenoxy) is 1. The standard InChI is InChI=1S/C16H29NO/c1-15(2)9-5-8-12(15)17-13-11-7-6-10-18-14(11)16(13,3)4/h11-14,17H,5-10H2,1-4H3. The van der Waals surface area contributed by atoms with E-state index in [1.54, 1.807) is 0 Å². The van der Waals surface area contributed by atoms with Crippen molar-refractivity contribution in [3.63, 3.8) is 0 Å². The van der Waals surface area contributed by atoms with Crippen LogP contribution in [-0.2, 0) is 4.74 Å². The smallest absolute Gasteiger partial charge is 0.0684 e. The van der Waals surface area contributed by atoms with Gasteiger partial charge in [0.25, 0.3) is 0 Å². The summed E-state index contributed by atoms with van der Waals surface area (Å²) >= 11 is 0. The first-order valence-corrected chi connectivity index (χ1v) is 7.80. The molecular weight excluding hydrogens is 222 g/mol. The predicted molar refractivity (Wildman–Crippen MR) is 74.6 cm³/mol. The summed E-state index contributed by atoms with van der Waals surface area (Å²) in [6.07, 6.45) is 7.25. The minimum absolute atomic E-state index is 0.323. The molecule has 0 bridgehead atoms. The molecule has 4 unspecified atom stereocenters. The highest BCUT2D eigenvalue weighted by Gasteiger charge is 2.58. The van der Waals surface area contributed by atoms with E-state index in [0.717, 1.165) is 12.5 Å². The molecule has 2 heteroatoms. The number of hydrogen-bond acceptors (Lipinski definition) is 2. The van der Waals surface area contributed by atoms with Gasteiger partial charge >= 0.3 is 0 Å². The zero-order valence-electron chi connectivity index (χ0n) is 12.5. The highest BCUT2D eigenvalue weighted by Crippen LogP contribution is 2.52. The summed E-state index contributed by atoms with van der Waals surface area (Å²) < 4.78 is 6.00. The van der Waals surface area contributed by atoms with E-state index in [4.69, 9.17) is 4.74 Å². The molecule has 0 radical (unpaired) electrons. The maximum Gasteiger partial charge on any atom is 0.0684 e. The zero-order valence-corrected chi connectivity index (χ0v) is 12.5. The highest BCUT2D eigenvalue weighted by atomic mass is 16.5. The van der Waals surface area contributed by atoms with Gasteiger partial charge in [-0.25, -0.2) is 0 Å². The molecule has 0 aromatic carbocycles. The molecular formula is C16H29NO. The van der Waals surface area contributed by atoms with Gasteiger partial charge in [0.2, 0.25) is 0 Å². The Morgan fingerprint density at radius 1 is 1.06 bits per heavy atom. The molecule has 1 saturated heterocycles. The van der Waals surface area contributed by atoms with E-state index in [2.05, 4.69) is 33.0 Å². The molecule has 1 N–H and O–H groups in total. The van der Waals surface area contributed by atoms with E-state index < -0.39 is 0 Å². The van der Waals surface area contributed by atoms with Gasteiger partial charge in [-0.2, -0.15) is 0 Å². The Labute approximate surface area is 112 Å². The van der Waals surface area contributed by atoms with Gasteiger partial charge in [0, 0.05) is 30.0 Å². The van der Waals surface area contributed by atoms with Gasteiger partial charge in [0.05, 0.1) is 6.10 Å². The minimum atomic E-state index is 0.323. The maximum atomic E-state index is 6.00. The van der Waals surface area contributed by atoms with Crippen LogP contribution < -0.4 is 5.32 Å². The Balaban J connectivity index is 1.69. The first kappa shape index (κ1) is 12.9. The van der Waals surface area contributed by atoms with Crippen LogP contribution in [-0.4, -0.2) is 24.8 Å². The molecule has 2 nitrogen and oxygen atoms in total. The fourth-order valence-electron chi connectivity index (χ4n) is 4.71. The highest BCUT2D eigenvalue weighted by molar-refractivity contribution is 5.12. The molecule has 0 aromatic rings. The van der Waals surface area contributed by atoms with Crippen LogP contribution in [0.1, 0.15) is 59.8 Å². The van der Waals surface area contributed by atoms with Crippen molar-refractivity contribution in [2.24, 2.45) is 16.7 Å². The van der Waals surface area contributed by atoms with Crippen LogP contribution >= 0.6 is 0 Å². The average molecular weight is 251 g/mol.